The number of aromatic nitrogens is 1. The van der Waals surface area contributed by atoms with Gasteiger partial charge in [0.05, 0.1) is 0 Å². The highest BCUT2D eigenvalue weighted by atomic mass is 16.4. The Morgan fingerprint density at radius 1 is 1.56 bits per heavy atom. The molecular formula is C12H16N2O2. The van der Waals surface area contributed by atoms with Crippen molar-refractivity contribution in [1.82, 2.24) is 4.98 Å². The van der Waals surface area contributed by atoms with E-state index in [1.54, 1.807) is 12.1 Å². The number of rotatable bonds is 6. The maximum absolute atomic E-state index is 10.7. The average molecular weight is 220 g/mol. The number of carboxylic acid groups (broad SMARTS) is 1. The molecule has 2 N–H and O–H groups in total. The summed E-state index contributed by atoms with van der Waals surface area (Å²) >= 11 is 0. The largest absolute Gasteiger partial charge is 0.477 e. The van der Waals surface area contributed by atoms with Crippen molar-refractivity contribution in [2.75, 3.05) is 11.9 Å². The van der Waals surface area contributed by atoms with Crippen LogP contribution >= 0.6 is 0 Å². The monoisotopic (exact) mass is 220 g/mol. The van der Waals surface area contributed by atoms with Gasteiger partial charge in [-0.2, -0.15) is 0 Å². The molecule has 4 nitrogen and oxygen atoms in total. The maximum atomic E-state index is 10.7. The lowest BCUT2D eigenvalue weighted by molar-refractivity contribution is 0.0690. The van der Waals surface area contributed by atoms with Crippen LogP contribution in [0.5, 0.6) is 0 Å². The Bertz CT molecular complexity index is 375. The molecule has 1 aromatic heterocycles. The van der Waals surface area contributed by atoms with E-state index in [2.05, 4.69) is 10.3 Å². The zero-order valence-corrected chi connectivity index (χ0v) is 9.15. The van der Waals surface area contributed by atoms with Crippen molar-refractivity contribution < 1.29 is 9.90 Å². The van der Waals surface area contributed by atoms with Gasteiger partial charge in [-0.3, -0.25) is 0 Å². The van der Waals surface area contributed by atoms with Gasteiger partial charge in [0, 0.05) is 18.4 Å². The van der Waals surface area contributed by atoms with Crippen molar-refractivity contribution in [2.24, 2.45) is 5.92 Å². The molecule has 2 rings (SSSR count). The van der Waals surface area contributed by atoms with Crippen LogP contribution in [0.15, 0.2) is 18.3 Å². The average Bonchev–Trinajstić information content (AvgIpc) is 3.09. The molecule has 0 aliphatic heterocycles. The van der Waals surface area contributed by atoms with Crippen LogP contribution in [0.25, 0.3) is 0 Å². The highest BCUT2D eigenvalue weighted by Crippen LogP contribution is 2.33. The van der Waals surface area contributed by atoms with E-state index in [0.717, 1.165) is 24.6 Å². The number of pyridine rings is 1. The number of carbonyl (C=O) groups is 1. The Morgan fingerprint density at radius 3 is 3.06 bits per heavy atom. The van der Waals surface area contributed by atoms with E-state index < -0.39 is 5.97 Å². The lowest BCUT2D eigenvalue weighted by Gasteiger charge is -2.06. The normalized spacial score (nSPS) is 14.8. The second kappa shape index (κ2) is 4.96. The van der Waals surface area contributed by atoms with E-state index >= 15 is 0 Å². The van der Waals surface area contributed by atoms with Crippen LogP contribution in [0, 0.1) is 5.92 Å². The van der Waals surface area contributed by atoms with Gasteiger partial charge in [0.1, 0.15) is 5.69 Å². The predicted molar refractivity (Wildman–Crippen MR) is 61.6 cm³/mol. The number of carboxylic acids is 1. The molecule has 0 saturated heterocycles. The summed E-state index contributed by atoms with van der Waals surface area (Å²) in [6.45, 7) is 0.902. The Morgan fingerprint density at radius 2 is 2.38 bits per heavy atom. The summed E-state index contributed by atoms with van der Waals surface area (Å²) in [4.78, 5) is 14.5. The van der Waals surface area contributed by atoms with E-state index in [0.29, 0.717) is 0 Å². The number of nitrogens with one attached hydrogen (secondary N) is 1. The molecule has 0 radical (unpaired) electrons. The summed E-state index contributed by atoms with van der Waals surface area (Å²) in [6.07, 6.45) is 6.72. The van der Waals surface area contributed by atoms with Gasteiger partial charge >= 0.3 is 5.97 Å². The minimum atomic E-state index is -0.985. The summed E-state index contributed by atoms with van der Waals surface area (Å²) in [5, 5.41) is 12.0. The third-order valence-electron chi connectivity index (χ3n) is 2.79. The highest BCUT2D eigenvalue weighted by Gasteiger charge is 2.19. The lowest BCUT2D eigenvalue weighted by atomic mass is 10.2. The molecule has 1 heterocycles. The van der Waals surface area contributed by atoms with E-state index in [1.165, 1.54) is 25.5 Å². The van der Waals surface area contributed by atoms with Gasteiger partial charge < -0.3 is 10.4 Å². The quantitative estimate of drug-likeness (QED) is 0.722. The number of hydrogen-bond donors (Lipinski definition) is 2. The molecule has 1 fully saturated rings. The molecular weight excluding hydrogens is 204 g/mol. The maximum Gasteiger partial charge on any atom is 0.354 e. The predicted octanol–water partition coefficient (Wildman–Crippen LogP) is 2.38. The fraction of sp³-hybridized carbons (Fsp3) is 0.500. The molecule has 0 atom stereocenters. The minimum Gasteiger partial charge on any atom is -0.477 e. The molecule has 86 valence electrons. The van der Waals surface area contributed by atoms with E-state index in [4.69, 9.17) is 5.11 Å². The smallest absolute Gasteiger partial charge is 0.354 e. The minimum absolute atomic E-state index is 0.0900. The van der Waals surface area contributed by atoms with Crippen molar-refractivity contribution in [2.45, 2.75) is 25.7 Å². The van der Waals surface area contributed by atoms with Gasteiger partial charge in [0.15, 0.2) is 0 Å². The third-order valence-corrected chi connectivity index (χ3v) is 2.79. The standard InChI is InChI=1S/C12H16N2O2/c15-12(16)11-8-10(5-7-14-11)13-6-1-2-9-3-4-9/h5,7-9H,1-4,6H2,(H,13,14)(H,15,16). The van der Waals surface area contributed by atoms with Crippen molar-refractivity contribution in [3.05, 3.63) is 24.0 Å². The van der Waals surface area contributed by atoms with Crippen LogP contribution < -0.4 is 5.32 Å². The number of nitrogens with zero attached hydrogens (tertiary/aromatic N) is 1. The second-order valence-electron chi connectivity index (χ2n) is 4.25. The fourth-order valence-corrected chi connectivity index (χ4v) is 1.69. The van der Waals surface area contributed by atoms with Crippen molar-refractivity contribution >= 4 is 11.7 Å². The van der Waals surface area contributed by atoms with Crippen molar-refractivity contribution in [1.29, 1.82) is 0 Å². The first-order valence-corrected chi connectivity index (χ1v) is 5.69. The third kappa shape index (κ3) is 3.22. The Kier molecular flexibility index (Phi) is 3.39. The van der Waals surface area contributed by atoms with Gasteiger partial charge in [-0.1, -0.05) is 12.8 Å². The number of hydrogen-bond acceptors (Lipinski definition) is 3. The zero-order chi connectivity index (χ0) is 11.4. The van der Waals surface area contributed by atoms with Crippen LogP contribution in [0.1, 0.15) is 36.2 Å². The molecule has 0 spiro atoms. The lowest BCUT2D eigenvalue weighted by Crippen LogP contribution is -2.05. The summed E-state index contributed by atoms with van der Waals surface area (Å²) in [7, 11) is 0. The van der Waals surface area contributed by atoms with Crippen LogP contribution in [0.4, 0.5) is 5.69 Å². The molecule has 0 unspecified atom stereocenters. The summed E-state index contributed by atoms with van der Waals surface area (Å²) < 4.78 is 0. The molecule has 0 bridgehead atoms. The second-order valence-corrected chi connectivity index (χ2v) is 4.25. The van der Waals surface area contributed by atoms with Gasteiger partial charge in [-0.15, -0.1) is 0 Å². The number of anilines is 1. The SMILES string of the molecule is O=C(O)c1cc(NCCCC2CC2)ccn1. The first-order chi connectivity index (χ1) is 7.75. The summed E-state index contributed by atoms with van der Waals surface area (Å²) in [6, 6.07) is 3.36. The number of aromatic carboxylic acids is 1. The fourth-order valence-electron chi connectivity index (χ4n) is 1.69. The highest BCUT2D eigenvalue weighted by molar-refractivity contribution is 5.86. The van der Waals surface area contributed by atoms with Gasteiger partial charge in [0.25, 0.3) is 0 Å². The van der Waals surface area contributed by atoms with Gasteiger partial charge in [-0.05, 0) is 30.9 Å². The summed E-state index contributed by atoms with van der Waals surface area (Å²) in [5.74, 6) is -0.0320. The van der Waals surface area contributed by atoms with Crippen molar-refractivity contribution in [3.8, 4) is 0 Å². The Hall–Kier alpha value is -1.58. The molecule has 0 amide bonds. The first kappa shape index (κ1) is 10.9. The molecule has 4 heteroatoms. The molecule has 1 aromatic rings. The van der Waals surface area contributed by atoms with Crippen molar-refractivity contribution in [3.63, 3.8) is 0 Å². The molecule has 0 aromatic carbocycles. The first-order valence-electron chi connectivity index (χ1n) is 5.69. The van der Waals surface area contributed by atoms with E-state index in [1.807, 2.05) is 0 Å². The van der Waals surface area contributed by atoms with Crippen LogP contribution in [0.2, 0.25) is 0 Å². The summed E-state index contributed by atoms with van der Waals surface area (Å²) in [5.41, 5.74) is 0.926. The van der Waals surface area contributed by atoms with Gasteiger partial charge in [0.2, 0.25) is 0 Å². The van der Waals surface area contributed by atoms with E-state index in [-0.39, 0.29) is 5.69 Å². The Labute approximate surface area is 94.7 Å². The molecule has 1 saturated carbocycles. The van der Waals surface area contributed by atoms with Gasteiger partial charge in [-0.25, -0.2) is 9.78 Å². The van der Waals surface area contributed by atoms with Crippen LogP contribution in [-0.4, -0.2) is 22.6 Å². The zero-order valence-electron chi connectivity index (χ0n) is 9.15. The van der Waals surface area contributed by atoms with E-state index in [9.17, 15) is 4.79 Å². The molecule has 1 aliphatic rings. The molecule has 1 aliphatic carbocycles. The van der Waals surface area contributed by atoms with Crippen LogP contribution in [-0.2, 0) is 0 Å². The molecule has 16 heavy (non-hydrogen) atoms. The Balaban J connectivity index is 1.78. The topological polar surface area (TPSA) is 62.2 Å². The van der Waals surface area contributed by atoms with Crippen LogP contribution in [0.3, 0.4) is 0 Å².